The van der Waals surface area contributed by atoms with Crippen LogP contribution in [-0.2, 0) is 28.9 Å². The minimum absolute atomic E-state index is 0.0377. The summed E-state index contributed by atoms with van der Waals surface area (Å²) in [6.45, 7) is 1.11. The molecule has 0 aliphatic heterocycles. The van der Waals surface area contributed by atoms with E-state index in [2.05, 4.69) is 25.3 Å². The average Bonchev–Trinajstić information content (AvgIpc) is 2.63. The van der Waals surface area contributed by atoms with E-state index in [9.17, 15) is 8.42 Å². The van der Waals surface area contributed by atoms with Crippen LogP contribution in [0.5, 0.6) is 0 Å². The molecule has 2 rings (SSSR count). The fraction of sp³-hybridized carbons (Fsp3) is 0.294. The summed E-state index contributed by atoms with van der Waals surface area (Å²) >= 11 is 0. The van der Waals surface area contributed by atoms with E-state index in [1.165, 1.54) is 7.05 Å². The summed E-state index contributed by atoms with van der Waals surface area (Å²) < 4.78 is 25.6. The number of aromatic nitrogens is 1. The van der Waals surface area contributed by atoms with Gasteiger partial charge in [-0.1, -0.05) is 30.3 Å². The summed E-state index contributed by atoms with van der Waals surface area (Å²) in [7, 11) is -0.165. The molecule has 0 atom stereocenters. The molecule has 0 radical (unpaired) electrons. The molecule has 8 heteroatoms. The molecule has 0 aliphatic rings. The van der Waals surface area contributed by atoms with Crippen molar-refractivity contribution in [3.8, 4) is 0 Å². The number of nitrogens with zero attached hydrogens (tertiary/aromatic N) is 2. The number of nitrogens with one attached hydrogen (secondary N) is 3. The summed E-state index contributed by atoms with van der Waals surface area (Å²) in [4.78, 5) is 8.42. The van der Waals surface area contributed by atoms with Gasteiger partial charge < -0.3 is 10.6 Å². The summed E-state index contributed by atoms with van der Waals surface area (Å²) in [5.74, 6) is 0.614. The van der Waals surface area contributed by atoms with Gasteiger partial charge in [-0.15, -0.1) is 0 Å². The zero-order valence-corrected chi connectivity index (χ0v) is 15.2. The van der Waals surface area contributed by atoms with Crippen molar-refractivity contribution in [2.24, 2.45) is 4.99 Å². The SMILES string of the molecule is CN=C(NCc1cccc(CS(=O)(=O)NC)c1)NCc1ccccn1. The van der Waals surface area contributed by atoms with Crippen LogP contribution < -0.4 is 15.4 Å². The second kappa shape index (κ2) is 9.14. The predicted molar refractivity (Wildman–Crippen MR) is 99.4 cm³/mol. The molecule has 2 aromatic rings. The number of hydrogen-bond acceptors (Lipinski definition) is 4. The Morgan fingerprint density at radius 2 is 1.84 bits per heavy atom. The van der Waals surface area contributed by atoms with E-state index < -0.39 is 10.0 Å². The van der Waals surface area contributed by atoms with Crippen molar-refractivity contribution in [2.45, 2.75) is 18.8 Å². The number of benzene rings is 1. The lowest BCUT2D eigenvalue weighted by atomic mass is 10.1. The van der Waals surface area contributed by atoms with Crippen LogP contribution in [0, 0.1) is 0 Å². The zero-order chi connectivity index (χ0) is 18.1. The lowest BCUT2D eigenvalue weighted by Crippen LogP contribution is -2.36. The first-order valence-electron chi connectivity index (χ1n) is 7.86. The Labute approximate surface area is 148 Å². The van der Waals surface area contributed by atoms with Crippen molar-refractivity contribution >= 4 is 16.0 Å². The molecule has 3 N–H and O–H groups in total. The van der Waals surface area contributed by atoms with E-state index in [1.54, 1.807) is 19.3 Å². The molecule has 1 aromatic carbocycles. The number of sulfonamides is 1. The molecule has 0 saturated carbocycles. The van der Waals surface area contributed by atoms with Gasteiger partial charge in [-0.05, 0) is 30.3 Å². The van der Waals surface area contributed by atoms with Crippen molar-refractivity contribution in [2.75, 3.05) is 14.1 Å². The Bertz CT molecular complexity index is 807. The lowest BCUT2D eigenvalue weighted by molar-refractivity contribution is 0.587. The van der Waals surface area contributed by atoms with E-state index >= 15 is 0 Å². The molecule has 0 spiro atoms. The second-order valence-electron chi connectivity index (χ2n) is 5.38. The van der Waals surface area contributed by atoms with Crippen molar-refractivity contribution < 1.29 is 8.42 Å². The first kappa shape index (κ1) is 18.9. The van der Waals surface area contributed by atoms with Gasteiger partial charge in [-0.25, -0.2) is 13.1 Å². The molecular formula is C17H23N5O2S. The first-order chi connectivity index (χ1) is 12.0. The van der Waals surface area contributed by atoms with Gasteiger partial charge in [0, 0.05) is 19.8 Å². The van der Waals surface area contributed by atoms with Crippen LogP contribution in [0.25, 0.3) is 0 Å². The maximum absolute atomic E-state index is 11.7. The number of pyridine rings is 1. The van der Waals surface area contributed by atoms with Gasteiger partial charge in [0.25, 0.3) is 0 Å². The number of aliphatic imine (C=N–C) groups is 1. The molecule has 0 fully saturated rings. The highest BCUT2D eigenvalue weighted by Crippen LogP contribution is 2.08. The second-order valence-corrected chi connectivity index (χ2v) is 7.31. The molecule has 0 bridgehead atoms. The standard InChI is InChI=1S/C17H23N5O2S/c1-18-17(22-12-16-8-3-4-9-20-16)21-11-14-6-5-7-15(10-14)13-25(23,24)19-2/h3-10,19H,11-13H2,1-2H3,(H2,18,21,22). The van der Waals surface area contributed by atoms with E-state index in [0.717, 1.165) is 16.8 Å². The van der Waals surface area contributed by atoms with Gasteiger partial charge in [0.15, 0.2) is 5.96 Å². The summed E-state index contributed by atoms with van der Waals surface area (Å²) in [5, 5.41) is 6.39. The summed E-state index contributed by atoms with van der Waals surface area (Å²) in [6.07, 6.45) is 1.75. The lowest BCUT2D eigenvalue weighted by Gasteiger charge is -2.12. The smallest absolute Gasteiger partial charge is 0.215 e. The number of guanidine groups is 1. The van der Waals surface area contributed by atoms with Crippen LogP contribution >= 0.6 is 0 Å². The molecule has 0 saturated heterocycles. The van der Waals surface area contributed by atoms with E-state index in [0.29, 0.717) is 19.0 Å². The molecule has 134 valence electrons. The summed E-state index contributed by atoms with van der Waals surface area (Å²) in [6, 6.07) is 13.2. The maximum atomic E-state index is 11.7. The normalized spacial score (nSPS) is 12.0. The molecule has 1 aromatic heterocycles. The molecular weight excluding hydrogens is 338 g/mol. The van der Waals surface area contributed by atoms with Gasteiger partial charge in [0.2, 0.25) is 10.0 Å². The van der Waals surface area contributed by atoms with Crippen LogP contribution in [0.15, 0.2) is 53.7 Å². The topological polar surface area (TPSA) is 95.5 Å². The summed E-state index contributed by atoms with van der Waals surface area (Å²) in [5.41, 5.74) is 2.64. The quantitative estimate of drug-likeness (QED) is 0.505. The van der Waals surface area contributed by atoms with Crippen molar-refractivity contribution in [1.82, 2.24) is 20.3 Å². The van der Waals surface area contributed by atoms with Crippen molar-refractivity contribution in [1.29, 1.82) is 0 Å². The maximum Gasteiger partial charge on any atom is 0.215 e. The Hall–Kier alpha value is -2.45. The Morgan fingerprint density at radius 1 is 1.08 bits per heavy atom. The van der Waals surface area contributed by atoms with E-state index in [4.69, 9.17) is 0 Å². The van der Waals surface area contributed by atoms with Crippen LogP contribution in [-0.4, -0.2) is 33.5 Å². The minimum Gasteiger partial charge on any atom is -0.352 e. The fourth-order valence-electron chi connectivity index (χ4n) is 2.20. The third-order valence-corrected chi connectivity index (χ3v) is 4.84. The van der Waals surface area contributed by atoms with Crippen LogP contribution in [0.2, 0.25) is 0 Å². The van der Waals surface area contributed by atoms with Gasteiger partial charge in [-0.3, -0.25) is 9.98 Å². The zero-order valence-electron chi connectivity index (χ0n) is 14.4. The van der Waals surface area contributed by atoms with E-state index in [1.807, 2.05) is 36.4 Å². The Morgan fingerprint density at radius 3 is 2.52 bits per heavy atom. The highest BCUT2D eigenvalue weighted by molar-refractivity contribution is 7.88. The van der Waals surface area contributed by atoms with Crippen molar-refractivity contribution in [3.63, 3.8) is 0 Å². The third kappa shape index (κ3) is 6.52. The highest BCUT2D eigenvalue weighted by Gasteiger charge is 2.09. The van der Waals surface area contributed by atoms with Crippen LogP contribution in [0.4, 0.5) is 0 Å². The van der Waals surface area contributed by atoms with E-state index in [-0.39, 0.29) is 5.75 Å². The van der Waals surface area contributed by atoms with Gasteiger partial charge in [-0.2, -0.15) is 0 Å². The number of rotatable bonds is 7. The Balaban J connectivity index is 1.91. The number of hydrogen-bond donors (Lipinski definition) is 3. The van der Waals surface area contributed by atoms with Gasteiger partial charge in [0.1, 0.15) is 0 Å². The molecule has 0 aliphatic carbocycles. The molecule has 0 unspecified atom stereocenters. The highest BCUT2D eigenvalue weighted by atomic mass is 32.2. The third-order valence-electron chi connectivity index (χ3n) is 3.51. The van der Waals surface area contributed by atoms with Crippen molar-refractivity contribution in [3.05, 3.63) is 65.5 Å². The van der Waals surface area contributed by atoms with Gasteiger partial charge in [0.05, 0.1) is 18.0 Å². The molecule has 0 amide bonds. The molecule has 1 heterocycles. The van der Waals surface area contributed by atoms with Crippen LogP contribution in [0.3, 0.4) is 0 Å². The first-order valence-corrected chi connectivity index (χ1v) is 9.51. The van der Waals surface area contributed by atoms with Crippen LogP contribution in [0.1, 0.15) is 16.8 Å². The molecule has 7 nitrogen and oxygen atoms in total. The van der Waals surface area contributed by atoms with Gasteiger partial charge >= 0.3 is 0 Å². The fourth-order valence-corrected chi connectivity index (χ4v) is 2.97. The monoisotopic (exact) mass is 361 g/mol. The predicted octanol–water partition coefficient (Wildman–Crippen LogP) is 0.996. The average molecular weight is 361 g/mol. The minimum atomic E-state index is -3.28. The Kier molecular flexibility index (Phi) is 6.91. The largest absolute Gasteiger partial charge is 0.352 e. The molecule has 25 heavy (non-hydrogen) atoms.